The van der Waals surface area contributed by atoms with Gasteiger partial charge in [0.05, 0.1) is 11.9 Å². The van der Waals surface area contributed by atoms with Crippen LogP contribution in [-0.2, 0) is 26.2 Å². The molecule has 0 heterocycles. The summed E-state index contributed by atoms with van der Waals surface area (Å²) in [6.45, 7) is 6.21. The fraction of sp³-hybridized carbons (Fsp3) is 0.417. The molecule has 0 spiro atoms. The highest BCUT2D eigenvalue weighted by atomic mass is 35.5. The molecule has 2 aromatic carbocycles. The molecule has 34 heavy (non-hydrogen) atoms. The van der Waals surface area contributed by atoms with Gasteiger partial charge in [-0.25, -0.2) is 12.8 Å². The number of anilines is 1. The zero-order valence-electron chi connectivity index (χ0n) is 20.0. The molecule has 0 aliphatic carbocycles. The lowest BCUT2D eigenvalue weighted by atomic mass is 10.1. The number of nitrogens with one attached hydrogen (secondary N) is 1. The van der Waals surface area contributed by atoms with Crippen LogP contribution in [0, 0.1) is 12.7 Å². The summed E-state index contributed by atoms with van der Waals surface area (Å²) in [7, 11) is -3.88. The average Bonchev–Trinajstić information content (AvgIpc) is 2.77. The van der Waals surface area contributed by atoms with Gasteiger partial charge >= 0.3 is 0 Å². The second-order valence-electron chi connectivity index (χ2n) is 8.31. The number of rotatable bonds is 10. The molecule has 0 aromatic heterocycles. The van der Waals surface area contributed by atoms with E-state index in [-0.39, 0.29) is 23.8 Å². The molecule has 2 atom stereocenters. The van der Waals surface area contributed by atoms with Crippen molar-refractivity contribution in [3.63, 3.8) is 0 Å². The van der Waals surface area contributed by atoms with Crippen LogP contribution in [0.2, 0.25) is 5.02 Å². The van der Waals surface area contributed by atoms with Crippen molar-refractivity contribution in [2.45, 2.75) is 52.7 Å². The van der Waals surface area contributed by atoms with Crippen LogP contribution in [0.25, 0.3) is 0 Å². The minimum atomic E-state index is -3.88. The first-order valence-electron chi connectivity index (χ1n) is 10.9. The number of hydrogen-bond donors (Lipinski definition) is 1. The Hall–Kier alpha value is -2.65. The summed E-state index contributed by atoms with van der Waals surface area (Å²) in [6, 6.07) is 9.58. The monoisotopic (exact) mass is 511 g/mol. The van der Waals surface area contributed by atoms with E-state index in [2.05, 4.69) is 5.32 Å². The van der Waals surface area contributed by atoms with Gasteiger partial charge in [-0.05, 0) is 51.0 Å². The van der Waals surface area contributed by atoms with E-state index in [9.17, 15) is 22.4 Å². The van der Waals surface area contributed by atoms with Crippen molar-refractivity contribution >= 4 is 39.1 Å². The lowest BCUT2D eigenvalue weighted by Gasteiger charge is -2.32. The number of hydrogen-bond acceptors (Lipinski definition) is 4. The van der Waals surface area contributed by atoms with Crippen molar-refractivity contribution in [1.82, 2.24) is 10.2 Å². The van der Waals surface area contributed by atoms with Crippen LogP contribution in [0.1, 0.15) is 38.3 Å². The summed E-state index contributed by atoms with van der Waals surface area (Å²) >= 11 is 6.08. The summed E-state index contributed by atoms with van der Waals surface area (Å²) < 4.78 is 40.6. The summed E-state index contributed by atoms with van der Waals surface area (Å²) in [6.07, 6.45) is 1.68. The van der Waals surface area contributed by atoms with Crippen LogP contribution in [0.5, 0.6) is 0 Å². The third kappa shape index (κ3) is 7.17. The maximum Gasteiger partial charge on any atom is 0.244 e. The van der Waals surface area contributed by atoms with Crippen molar-refractivity contribution in [1.29, 1.82) is 0 Å². The van der Waals surface area contributed by atoms with E-state index in [0.717, 1.165) is 10.6 Å². The van der Waals surface area contributed by atoms with E-state index in [1.165, 1.54) is 36.1 Å². The predicted molar refractivity (Wildman–Crippen MR) is 133 cm³/mol. The predicted octanol–water partition coefficient (Wildman–Crippen LogP) is 3.89. The molecule has 2 rings (SSSR count). The molecule has 0 saturated heterocycles. The van der Waals surface area contributed by atoms with Gasteiger partial charge in [0.2, 0.25) is 21.8 Å². The Balaban J connectivity index is 2.45. The van der Waals surface area contributed by atoms with E-state index >= 15 is 0 Å². The van der Waals surface area contributed by atoms with Crippen molar-refractivity contribution in [3.8, 4) is 0 Å². The summed E-state index contributed by atoms with van der Waals surface area (Å²) in [5.74, 6) is -1.59. The number of aryl methyl sites for hydroxylation is 1. The molecular formula is C24H31ClFN3O4S. The number of carbonyl (C=O) groups is 2. The maximum atomic E-state index is 14.4. The smallest absolute Gasteiger partial charge is 0.244 e. The number of amides is 2. The largest absolute Gasteiger partial charge is 0.352 e. The minimum Gasteiger partial charge on any atom is -0.352 e. The first-order chi connectivity index (χ1) is 15.8. The van der Waals surface area contributed by atoms with Crippen LogP contribution in [-0.4, -0.2) is 50.0 Å². The zero-order valence-corrected chi connectivity index (χ0v) is 21.6. The minimum absolute atomic E-state index is 0.123. The molecule has 0 aliphatic rings. The fourth-order valence-corrected chi connectivity index (χ4v) is 4.37. The van der Waals surface area contributed by atoms with Crippen LogP contribution in [0.3, 0.4) is 0 Å². The molecule has 10 heteroatoms. The van der Waals surface area contributed by atoms with E-state index in [1.807, 2.05) is 13.8 Å². The molecule has 186 valence electrons. The summed E-state index contributed by atoms with van der Waals surface area (Å²) in [4.78, 5) is 27.5. The highest BCUT2D eigenvalue weighted by Crippen LogP contribution is 2.27. The molecule has 0 saturated carbocycles. The Morgan fingerprint density at radius 3 is 2.38 bits per heavy atom. The highest BCUT2D eigenvalue weighted by Gasteiger charge is 2.31. The number of carbonyl (C=O) groups excluding carboxylic acids is 2. The Bertz CT molecular complexity index is 1140. The van der Waals surface area contributed by atoms with Gasteiger partial charge in [-0.15, -0.1) is 0 Å². The normalized spacial score (nSPS) is 13.1. The van der Waals surface area contributed by atoms with Gasteiger partial charge < -0.3 is 10.2 Å². The summed E-state index contributed by atoms with van der Waals surface area (Å²) in [5.41, 5.74) is 1.07. The first-order valence-corrected chi connectivity index (χ1v) is 13.1. The van der Waals surface area contributed by atoms with Crippen LogP contribution < -0.4 is 9.62 Å². The SMILES string of the molecule is CCC(C)NC(=O)C(C)N(Cc1ccccc1F)C(=O)CN(c1cc(Cl)ccc1C)S(C)(=O)=O. The molecule has 0 fully saturated rings. The Morgan fingerprint density at radius 1 is 1.15 bits per heavy atom. The van der Waals surface area contributed by atoms with Gasteiger partial charge in [0.25, 0.3) is 0 Å². The number of sulfonamides is 1. The van der Waals surface area contributed by atoms with Gasteiger partial charge in [-0.3, -0.25) is 13.9 Å². The zero-order chi connectivity index (χ0) is 25.6. The third-order valence-electron chi connectivity index (χ3n) is 5.59. The van der Waals surface area contributed by atoms with Gasteiger partial charge in [0.1, 0.15) is 18.4 Å². The van der Waals surface area contributed by atoms with Crippen molar-refractivity contribution in [3.05, 3.63) is 64.4 Å². The first kappa shape index (κ1) is 27.6. The molecule has 2 amide bonds. The van der Waals surface area contributed by atoms with Gasteiger partial charge in [-0.1, -0.05) is 42.8 Å². The topological polar surface area (TPSA) is 86.8 Å². The molecule has 0 aliphatic heterocycles. The molecule has 7 nitrogen and oxygen atoms in total. The molecule has 2 unspecified atom stereocenters. The van der Waals surface area contributed by atoms with Crippen LogP contribution >= 0.6 is 11.6 Å². The van der Waals surface area contributed by atoms with Gasteiger partial charge in [0.15, 0.2) is 0 Å². The third-order valence-corrected chi connectivity index (χ3v) is 6.95. The number of halogens is 2. The summed E-state index contributed by atoms with van der Waals surface area (Å²) in [5, 5.41) is 3.13. The van der Waals surface area contributed by atoms with Crippen molar-refractivity contribution < 1.29 is 22.4 Å². The van der Waals surface area contributed by atoms with Crippen LogP contribution in [0.4, 0.5) is 10.1 Å². The number of benzene rings is 2. The Kier molecular flexibility index (Phi) is 9.46. The van der Waals surface area contributed by atoms with E-state index in [1.54, 1.807) is 25.1 Å². The standard InChI is InChI=1S/C24H31ClFN3O4S/c1-6-17(3)27-24(31)18(4)28(14-19-9-7-8-10-21(19)26)23(30)15-29(34(5,32)33)22-13-20(25)12-11-16(22)2/h7-13,17-18H,6,14-15H2,1-5H3,(H,27,31). The quantitative estimate of drug-likeness (QED) is 0.524. The number of nitrogens with zero attached hydrogens (tertiary/aromatic N) is 2. The fourth-order valence-electron chi connectivity index (χ4n) is 3.30. The van der Waals surface area contributed by atoms with E-state index in [4.69, 9.17) is 11.6 Å². The van der Waals surface area contributed by atoms with E-state index < -0.39 is 40.2 Å². The van der Waals surface area contributed by atoms with Gasteiger partial charge in [0, 0.05) is 23.2 Å². The average molecular weight is 512 g/mol. The van der Waals surface area contributed by atoms with Crippen molar-refractivity contribution in [2.24, 2.45) is 0 Å². The molecular weight excluding hydrogens is 481 g/mol. The second-order valence-corrected chi connectivity index (χ2v) is 10.7. The van der Waals surface area contributed by atoms with E-state index in [0.29, 0.717) is 17.0 Å². The van der Waals surface area contributed by atoms with Crippen molar-refractivity contribution in [2.75, 3.05) is 17.1 Å². The maximum absolute atomic E-state index is 14.4. The lowest BCUT2D eigenvalue weighted by molar-refractivity contribution is -0.139. The molecule has 0 radical (unpaired) electrons. The molecule has 1 N–H and O–H groups in total. The second kappa shape index (κ2) is 11.7. The van der Waals surface area contributed by atoms with Gasteiger partial charge in [-0.2, -0.15) is 0 Å². The highest BCUT2D eigenvalue weighted by molar-refractivity contribution is 7.92. The lowest BCUT2D eigenvalue weighted by Crippen LogP contribution is -2.52. The Morgan fingerprint density at radius 2 is 1.79 bits per heavy atom. The van der Waals surface area contributed by atoms with Crippen LogP contribution in [0.15, 0.2) is 42.5 Å². The Labute approximate surface area is 205 Å². The molecule has 2 aromatic rings. The molecule has 0 bridgehead atoms.